The third kappa shape index (κ3) is 8.26. The number of aryl methyl sites for hydroxylation is 1. The number of halogens is 1. The molecule has 226 valence electrons. The van der Waals surface area contributed by atoms with Crippen LogP contribution >= 0.6 is 11.6 Å². The second-order valence-electron chi connectivity index (χ2n) is 10.1. The molecule has 0 saturated carbocycles. The van der Waals surface area contributed by atoms with E-state index in [1.807, 2.05) is 34.6 Å². The molecular formula is C32H40ClN3O5S. The Morgan fingerprint density at radius 3 is 2.14 bits per heavy atom. The molecule has 0 heterocycles. The summed E-state index contributed by atoms with van der Waals surface area (Å²) in [7, 11) is -4.16. The van der Waals surface area contributed by atoms with Crippen molar-refractivity contribution in [3.8, 4) is 5.75 Å². The molecule has 3 aromatic rings. The van der Waals surface area contributed by atoms with Crippen molar-refractivity contribution in [2.45, 2.75) is 71.0 Å². The lowest BCUT2D eigenvalue weighted by atomic mass is 10.1. The first-order chi connectivity index (χ1) is 20.0. The molecule has 0 fully saturated rings. The summed E-state index contributed by atoms with van der Waals surface area (Å²) in [5.74, 6) is -0.264. The van der Waals surface area contributed by atoms with E-state index in [-0.39, 0.29) is 23.4 Å². The average Bonchev–Trinajstić information content (AvgIpc) is 2.97. The summed E-state index contributed by atoms with van der Waals surface area (Å²) in [5, 5.41) is 3.42. The van der Waals surface area contributed by atoms with Crippen molar-refractivity contribution in [2.75, 3.05) is 17.5 Å². The topological polar surface area (TPSA) is 96.0 Å². The third-order valence-corrected chi connectivity index (χ3v) is 9.17. The Morgan fingerprint density at radius 2 is 1.57 bits per heavy atom. The number of carbonyl (C=O) groups excluding carboxylic acids is 2. The maximum Gasteiger partial charge on any atom is 0.264 e. The molecule has 8 nitrogen and oxygen atoms in total. The van der Waals surface area contributed by atoms with Crippen LogP contribution in [0.1, 0.15) is 51.7 Å². The molecule has 0 radical (unpaired) electrons. The van der Waals surface area contributed by atoms with E-state index in [1.165, 1.54) is 17.0 Å². The molecule has 0 aliphatic carbocycles. The average molecular weight is 614 g/mol. The summed E-state index contributed by atoms with van der Waals surface area (Å²) in [6, 6.07) is 19.2. The maximum absolute atomic E-state index is 14.2. The number of anilines is 1. The standard InChI is InChI=1S/C32H40ClN3O5S/c1-6-24(5)34-32(38)30(7-2)35(21-25-11-9-10-12-29(25)33)31(37)22-36(26-15-17-27(18-16-26)41-8-3)42(39,40)28-19-13-23(4)14-20-28/h9-20,24,30H,6-8,21-22H2,1-5H3,(H,34,38). The van der Waals surface area contributed by atoms with Crippen LogP contribution in [-0.4, -0.2) is 50.4 Å². The maximum atomic E-state index is 14.2. The van der Waals surface area contributed by atoms with Crippen molar-refractivity contribution in [3.63, 3.8) is 0 Å². The van der Waals surface area contributed by atoms with Crippen LogP contribution in [0.5, 0.6) is 5.75 Å². The molecule has 2 amide bonds. The van der Waals surface area contributed by atoms with Crippen molar-refractivity contribution in [1.29, 1.82) is 0 Å². The van der Waals surface area contributed by atoms with Gasteiger partial charge in [-0.3, -0.25) is 13.9 Å². The fourth-order valence-corrected chi connectivity index (χ4v) is 6.02. The molecule has 10 heteroatoms. The van der Waals surface area contributed by atoms with E-state index in [4.69, 9.17) is 16.3 Å². The molecule has 0 aliphatic heterocycles. The smallest absolute Gasteiger partial charge is 0.264 e. The van der Waals surface area contributed by atoms with Gasteiger partial charge in [-0.05, 0) is 81.6 Å². The van der Waals surface area contributed by atoms with Gasteiger partial charge in [0.25, 0.3) is 10.0 Å². The van der Waals surface area contributed by atoms with Crippen molar-refractivity contribution in [3.05, 3.63) is 88.9 Å². The van der Waals surface area contributed by atoms with Gasteiger partial charge in [-0.2, -0.15) is 0 Å². The Morgan fingerprint density at radius 1 is 0.929 bits per heavy atom. The molecule has 3 rings (SSSR count). The fourth-order valence-electron chi connectivity index (χ4n) is 4.41. The van der Waals surface area contributed by atoms with Crippen LogP contribution in [0.4, 0.5) is 5.69 Å². The van der Waals surface area contributed by atoms with Crippen LogP contribution in [0, 0.1) is 6.92 Å². The second kappa shape index (κ2) is 15.1. The Bertz CT molecular complexity index is 1450. The highest BCUT2D eigenvalue weighted by Crippen LogP contribution is 2.27. The summed E-state index contributed by atoms with van der Waals surface area (Å²) in [6.07, 6.45) is 1.05. The summed E-state index contributed by atoms with van der Waals surface area (Å²) in [4.78, 5) is 29.0. The molecule has 2 unspecified atom stereocenters. The lowest BCUT2D eigenvalue weighted by Crippen LogP contribution is -2.53. The van der Waals surface area contributed by atoms with Gasteiger partial charge in [0.1, 0.15) is 18.3 Å². The van der Waals surface area contributed by atoms with E-state index in [0.29, 0.717) is 35.1 Å². The van der Waals surface area contributed by atoms with Gasteiger partial charge >= 0.3 is 0 Å². The van der Waals surface area contributed by atoms with Crippen LogP contribution in [0.3, 0.4) is 0 Å². The van der Waals surface area contributed by atoms with E-state index < -0.39 is 28.5 Å². The Balaban J connectivity index is 2.07. The van der Waals surface area contributed by atoms with Crippen molar-refractivity contribution < 1.29 is 22.7 Å². The molecule has 0 spiro atoms. The van der Waals surface area contributed by atoms with Gasteiger partial charge < -0.3 is 15.0 Å². The Hall–Kier alpha value is -3.56. The van der Waals surface area contributed by atoms with Crippen LogP contribution in [0.15, 0.2) is 77.7 Å². The minimum Gasteiger partial charge on any atom is -0.494 e. The Kier molecular flexibility index (Phi) is 11.8. The van der Waals surface area contributed by atoms with E-state index in [0.717, 1.165) is 16.3 Å². The zero-order chi connectivity index (χ0) is 30.9. The van der Waals surface area contributed by atoms with E-state index in [9.17, 15) is 18.0 Å². The fraction of sp³-hybridized carbons (Fsp3) is 0.375. The number of rotatable bonds is 14. The molecular weight excluding hydrogens is 574 g/mol. The lowest BCUT2D eigenvalue weighted by molar-refractivity contribution is -0.140. The number of hydrogen-bond donors (Lipinski definition) is 1. The third-order valence-electron chi connectivity index (χ3n) is 7.01. The minimum atomic E-state index is -4.16. The van der Waals surface area contributed by atoms with E-state index in [1.54, 1.807) is 60.7 Å². The molecule has 0 aliphatic rings. The highest BCUT2D eigenvalue weighted by molar-refractivity contribution is 7.92. The van der Waals surface area contributed by atoms with Gasteiger partial charge in [-0.25, -0.2) is 8.42 Å². The van der Waals surface area contributed by atoms with Gasteiger partial charge in [0.15, 0.2) is 0 Å². The molecule has 2 atom stereocenters. The monoisotopic (exact) mass is 613 g/mol. The van der Waals surface area contributed by atoms with Crippen molar-refractivity contribution >= 4 is 39.1 Å². The van der Waals surface area contributed by atoms with Crippen LogP contribution in [0.2, 0.25) is 5.02 Å². The second-order valence-corrected chi connectivity index (χ2v) is 12.4. The largest absolute Gasteiger partial charge is 0.494 e. The molecule has 3 aromatic carbocycles. The predicted molar refractivity (Wildman–Crippen MR) is 167 cm³/mol. The predicted octanol–water partition coefficient (Wildman–Crippen LogP) is 5.96. The van der Waals surface area contributed by atoms with Crippen molar-refractivity contribution in [2.24, 2.45) is 0 Å². The van der Waals surface area contributed by atoms with Gasteiger partial charge in [0.2, 0.25) is 11.8 Å². The van der Waals surface area contributed by atoms with Gasteiger partial charge in [0, 0.05) is 17.6 Å². The number of ether oxygens (including phenoxy) is 1. The van der Waals surface area contributed by atoms with E-state index in [2.05, 4.69) is 5.32 Å². The van der Waals surface area contributed by atoms with Crippen molar-refractivity contribution in [1.82, 2.24) is 10.2 Å². The van der Waals surface area contributed by atoms with Crippen LogP contribution in [0.25, 0.3) is 0 Å². The number of carbonyl (C=O) groups is 2. The zero-order valence-electron chi connectivity index (χ0n) is 24.8. The first kappa shape index (κ1) is 32.9. The van der Waals surface area contributed by atoms with Gasteiger partial charge in [-0.1, -0.05) is 61.3 Å². The lowest BCUT2D eigenvalue weighted by Gasteiger charge is -2.34. The molecule has 1 N–H and O–H groups in total. The number of nitrogens with zero attached hydrogens (tertiary/aromatic N) is 2. The minimum absolute atomic E-state index is 0.0344. The first-order valence-electron chi connectivity index (χ1n) is 14.2. The molecule has 0 saturated heterocycles. The SMILES string of the molecule is CCOc1ccc(N(CC(=O)N(Cc2ccccc2Cl)C(CC)C(=O)NC(C)CC)S(=O)(=O)c2ccc(C)cc2)cc1. The number of amides is 2. The molecule has 0 aromatic heterocycles. The quantitative estimate of drug-likeness (QED) is 0.242. The first-order valence-corrected chi connectivity index (χ1v) is 16.0. The molecule has 42 heavy (non-hydrogen) atoms. The Labute approximate surface area is 254 Å². The molecule has 0 bridgehead atoms. The summed E-state index contributed by atoms with van der Waals surface area (Å²) < 4.78 is 34.6. The van der Waals surface area contributed by atoms with Gasteiger partial charge in [0.05, 0.1) is 17.2 Å². The number of nitrogens with one attached hydrogen (secondary N) is 1. The van der Waals surface area contributed by atoms with Crippen LogP contribution in [-0.2, 0) is 26.2 Å². The van der Waals surface area contributed by atoms with E-state index >= 15 is 0 Å². The normalized spacial score (nSPS) is 12.7. The summed E-state index contributed by atoms with van der Waals surface area (Å²) in [5.41, 5.74) is 1.85. The number of benzene rings is 3. The van der Waals surface area contributed by atoms with Gasteiger partial charge in [-0.15, -0.1) is 0 Å². The zero-order valence-corrected chi connectivity index (χ0v) is 26.4. The summed E-state index contributed by atoms with van der Waals surface area (Å²) in [6.45, 7) is 9.37. The van der Waals surface area contributed by atoms with Crippen LogP contribution < -0.4 is 14.4 Å². The number of hydrogen-bond acceptors (Lipinski definition) is 5. The summed E-state index contributed by atoms with van der Waals surface area (Å²) >= 11 is 6.46. The highest BCUT2D eigenvalue weighted by Gasteiger charge is 2.34. The highest BCUT2D eigenvalue weighted by atomic mass is 35.5. The number of sulfonamides is 1.